The van der Waals surface area contributed by atoms with Crippen LogP contribution in [0, 0.1) is 0 Å². The number of azide groups is 1. The number of hydrogen-bond donors (Lipinski definition) is 2. The molecule has 0 aromatic carbocycles. The van der Waals surface area contributed by atoms with Crippen molar-refractivity contribution < 1.29 is 19.4 Å². The molecule has 0 bridgehead atoms. The molecule has 0 aliphatic carbocycles. The van der Waals surface area contributed by atoms with Crippen LogP contribution in [0.1, 0.15) is 27.2 Å². The average Bonchev–Trinajstić information content (AvgIpc) is 2.31. The van der Waals surface area contributed by atoms with Gasteiger partial charge in [0, 0.05) is 11.3 Å². The first-order valence-corrected chi connectivity index (χ1v) is 9.69. The normalized spacial score (nSPS) is 31.8. The van der Waals surface area contributed by atoms with Crippen LogP contribution in [0.15, 0.2) is 5.11 Å². The molecule has 1 saturated heterocycles. The zero-order valence-corrected chi connectivity index (χ0v) is 13.8. The SMILES string of the molecule is CC(C)(C)[Si](C)(C)OC1CC(N=[N+]=[N-])C(O)C(CO)O1. The van der Waals surface area contributed by atoms with Crippen molar-refractivity contribution in [3.8, 4) is 0 Å². The Morgan fingerprint density at radius 1 is 1.45 bits per heavy atom. The lowest BCUT2D eigenvalue weighted by molar-refractivity contribution is -0.206. The number of aliphatic hydroxyl groups excluding tert-OH is 2. The molecule has 116 valence electrons. The van der Waals surface area contributed by atoms with Crippen LogP contribution < -0.4 is 0 Å². The van der Waals surface area contributed by atoms with Gasteiger partial charge in [-0.2, -0.15) is 0 Å². The minimum Gasteiger partial charge on any atom is -0.394 e. The molecule has 0 aromatic rings. The van der Waals surface area contributed by atoms with Crippen molar-refractivity contribution in [2.45, 2.75) is 69.9 Å². The molecule has 1 heterocycles. The van der Waals surface area contributed by atoms with E-state index < -0.39 is 32.9 Å². The van der Waals surface area contributed by atoms with E-state index >= 15 is 0 Å². The van der Waals surface area contributed by atoms with Crippen molar-refractivity contribution in [3.05, 3.63) is 10.4 Å². The predicted molar refractivity (Wildman–Crippen MR) is 77.6 cm³/mol. The van der Waals surface area contributed by atoms with E-state index in [2.05, 4.69) is 43.9 Å². The van der Waals surface area contributed by atoms with Gasteiger partial charge in [0.15, 0.2) is 8.32 Å². The Bertz CT molecular complexity index is 379. The van der Waals surface area contributed by atoms with Gasteiger partial charge in [0.2, 0.25) is 0 Å². The van der Waals surface area contributed by atoms with Crippen molar-refractivity contribution in [3.63, 3.8) is 0 Å². The Kier molecular flexibility index (Phi) is 5.59. The number of ether oxygens (including phenoxy) is 1. The molecule has 4 unspecified atom stereocenters. The highest BCUT2D eigenvalue weighted by atomic mass is 28.4. The maximum atomic E-state index is 9.94. The molecule has 0 saturated carbocycles. The average molecular weight is 303 g/mol. The minimum absolute atomic E-state index is 0.0229. The zero-order chi connectivity index (χ0) is 15.6. The van der Waals surface area contributed by atoms with E-state index in [9.17, 15) is 10.2 Å². The molecule has 1 aliphatic rings. The van der Waals surface area contributed by atoms with Crippen molar-refractivity contribution in [2.75, 3.05) is 6.61 Å². The lowest BCUT2D eigenvalue weighted by Crippen LogP contribution is -2.53. The Morgan fingerprint density at radius 2 is 2.05 bits per heavy atom. The maximum absolute atomic E-state index is 9.94. The molecule has 2 N–H and O–H groups in total. The first-order chi connectivity index (χ1) is 9.12. The first kappa shape index (κ1) is 17.4. The molecule has 1 rings (SSSR count). The maximum Gasteiger partial charge on any atom is 0.195 e. The van der Waals surface area contributed by atoms with Crippen molar-refractivity contribution >= 4 is 8.32 Å². The number of aliphatic hydroxyl groups is 2. The highest BCUT2D eigenvalue weighted by Crippen LogP contribution is 2.39. The number of nitrogens with zero attached hydrogens (tertiary/aromatic N) is 3. The molecule has 7 nitrogen and oxygen atoms in total. The summed E-state index contributed by atoms with van der Waals surface area (Å²) in [6, 6.07) is -0.638. The Labute approximate surface area is 120 Å². The van der Waals surface area contributed by atoms with E-state index in [4.69, 9.17) is 14.7 Å². The monoisotopic (exact) mass is 303 g/mol. The van der Waals surface area contributed by atoms with Gasteiger partial charge in [-0.1, -0.05) is 25.9 Å². The largest absolute Gasteiger partial charge is 0.394 e. The summed E-state index contributed by atoms with van der Waals surface area (Å²) < 4.78 is 11.7. The van der Waals surface area contributed by atoms with Gasteiger partial charge in [-0.25, -0.2) is 0 Å². The fourth-order valence-corrected chi connectivity index (χ4v) is 2.99. The second-order valence-corrected chi connectivity index (χ2v) is 11.4. The number of hydrogen-bond acceptors (Lipinski definition) is 5. The Morgan fingerprint density at radius 3 is 2.50 bits per heavy atom. The molecule has 0 amide bonds. The fraction of sp³-hybridized carbons (Fsp3) is 1.00. The molecule has 8 heteroatoms. The van der Waals surface area contributed by atoms with E-state index in [1.807, 2.05) is 0 Å². The van der Waals surface area contributed by atoms with Crippen LogP contribution in [-0.4, -0.2) is 49.7 Å². The van der Waals surface area contributed by atoms with Gasteiger partial charge in [-0.05, 0) is 23.7 Å². The standard InChI is InChI=1S/C12H25N3O4Si/c1-12(2,3)20(4,5)19-10-6-8(14-15-13)11(17)9(7-16)18-10/h8-11,16-17H,6-7H2,1-5H3. The van der Waals surface area contributed by atoms with Crippen LogP contribution in [0.5, 0.6) is 0 Å². The molecule has 0 radical (unpaired) electrons. The van der Waals surface area contributed by atoms with Crippen molar-refractivity contribution in [1.82, 2.24) is 0 Å². The summed E-state index contributed by atoms with van der Waals surface area (Å²) in [6.45, 7) is 10.2. The highest BCUT2D eigenvalue weighted by molar-refractivity contribution is 6.74. The van der Waals surface area contributed by atoms with Gasteiger partial charge < -0.3 is 19.4 Å². The Hall–Kier alpha value is -0.633. The van der Waals surface area contributed by atoms with Crippen molar-refractivity contribution in [1.29, 1.82) is 0 Å². The molecule has 4 atom stereocenters. The van der Waals surface area contributed by atoms with Crippen LogP contribution in [0.4, 0.5) is 0 Å². The quantitative estimate of drug-likeness (QED) is 0.359. The smallest absolute Gasteiger partial charge is 0.195 e. The van der Waals surface area contributed by atoms with Crippen LogP contribution >= 0.6 is 0 Å². The van der Waals surface area contributed by atoms with Gasteiger partial charge >= 0.3 is 0 Å². The third-order valence-corrected chi connectivity index (χ3v) is 8.61. The summed E-state index contributed by atoms with van der Waals surface area (Å²) in [5.41, 5.74) is 8.56. The molecule has 0 spiro atoms. The molecular weight excluding hydrogens is 278 g/mol. The van der Waals surface area contributed by atoms with E-state index in [-0.39, 0.29) is 11.6 Å². The highest BCUT2D eigenvalue weighted by Gasteiger charge is 2.44. The molecule has 20 heavy (non-hydrogen) atoms. The van der Waals surface area contributed by atoms with Crippen LogP contribution in [0.3, 0.4) is 0 Å². The van der Waals surface area contributed by atoms with E-state index in [1.54, 1.807) is 0 Å². The van der Waals surface area contributed by atoms with Gasteiger partial charge in [0.1, 0.15) is 12.4 Å². The van der Waals surface area contributed by atoms with Crippen molar-refractivity contribution in [2.24, 2.45) is 5.11 Å². The summed E-state index contributed by atoms with van der Waals surface area (Å²) in [5, 5.41) is 22.8. The van der Waals surface area contributed by atoms with Gasteiger partial charge in [0.25, 0.3) is 0 Å². The fourth-order valence-electron chi connectivity index (χ4n) is 1.83. The molecule has 1 fully saturated rings. The van der Waals surface area contributed by atoms with E-state index in [0.717, 1.165) is 0 Å². The lowest BCUT2D eigenvalue weighted by atomic mass is 10.00. The zero-order valence-electron chi connectivity index (χ0n) is 12.8. The van der Waals surface area contributed by atoms with Gasteiger partial charge in [-0.15, -0.1) is 0 Å². The second-order valence-electron chi connectivity index (χ2n) is 6.66. The van der Waals surface area contributed by atoms with E-state index in [0.29, 0.717) is 6.42 Å². The summed E-state index contributed by atoms with van der Waals surface area (Å²) in [7, 11) is -2.03. The summed E-state index contributed by atoms with van der Waals surface area (Å²) in [6.07, 6.45) is -2.05. The third kappa shape index (κ3) is 3.94. The van der Waals surface area contributed by atoms with Crippen LogP contribution in [0.25, 0.3) is 10.4 Å². The summed E-state index contributed by atoms with van der Waals surface area (Å²) in [4.78, 5) is 2.74. The third-order valence-electron chi connectivity index (χ3n) is 4.15. The topological polar surface area (TPSA) is 108 Å². The Balaban J connectivity index is 2.83. The van der Waals surface area contributed by atoms with Gasteiger partial charge in [-0.3, -0.25) is 0 Å². The first-order valence-electron chi connectivity index (χ1n) is 6.79. The summed E-state index contributed by atoms with van der Waals surface area (Å²) >= 11 is 0. The van der Waals surface area contributed by atoms with Crippen LogP contribution in [0.2, 0.25) is 18.1 Å². The molecule has 1 aliphatic heterocycles. The second kappa shape index (κ2) is 6.42. The summed E-state index contributed by atoms with van der Waals surface area (Å²) in [5.74, 6) is 0. The van der Waals surface area contributed by atoms with Gasteiger partial charge in [0.05, 0.1) is 18.8 Å². The number of rotatable bonds is 4. The lowest BCUT2D eigenvalue weighted by Gasteiger charge is -2.43. The minimum atomic E-state index is -2.03. The molecular formula is C12H25N3O4Si. The van der Waals surface area contributed by atoms with E-state index in [1.165, 1.54) is 0 Å². The molecule has 0 aromatic heterocycles. The van der Waals surface area contributed by atoms with Crippen LogP contribution in [-0.2, 0) is 9.16 Å². The predicted octanol–water partition coefficient (Wildman–Crippen LogP) is 2.16.